The summed E-state index contributed by atoms with van der Waals surface area (Å²) in [6.07, 6.45) is -0.496. The molecule has 1 unspecified atom stereocenters. The van der Waals surface area contributed by atoms with Gasteiger partial charge in [0, 0.05) is 3.57 Å². The van der Waals surface area contributed by atoms with Crippen LogP contribution in [0, 0.1) is 3.57 Å². The highest BCUT2D eigenvalue weighted by atomic mass is 123. The predicted octanol–water partition coefficient (Wildman–Crippen LogP) is 0.697. The Kier molecular flexibility index (Phi) is 5.37. The smallest absolute Gasteiger partial charge is 0.330 e. The van der Waals surface area contributed by atoms with Crippen LogP contribution in [0.3, 0.4) is 0 Å². The van der Waals surface area contributed by atoms with Crippen molar-refractivity contribution in [2.75, 3.05) is 0 Å². The SMILES string of the molecule is O=C(CCc1ccc([123I])cc1)ON1C(=O)CC(S(=O)(=O)O)C1=O. The number of aryl methyl sites for hydroxylation is 1. The van der Waals surface area contributed by atoms with Gasteiger partial charge in [-0.15, -0.1) is 5.06 Å². The van der Waals surface area contributed by atoms with Gasteiger partial charge in [0.05, 0.1) is 12.8 Å². The van der Waals surface area contributed by atoms with Gasteiger partial charge in [-0.25, -0.2) is 4.79 Å². The van der Waals surface area contributed by atoms with E-state index in [1.165, 1.54) is 0 Å². The van der Waals surface area contributed by atoms with Gasteiger partial charge in [0.2, 0.25) is 0 Å². The first-order valence-electron chi connectivity index (χ1n) is 6.47. The van der Waals surface area contributed by atoms with Crippen molar-refractivity contribution < 1.29 is 32.2 Å². The van der Waals surface area contributed by atoms with Crippen molar-refractivity contribution in [1.82, 2.24) is 5.06 Å². The standard InChI is InChI=1S/C13H12INO7S/c14-9-4-1-8(2-5-9)3-6-12(17)22-15-11(16)7-10(13(15)18)23(19,20)21/h1-2,4-5,10H,3,6-7H2,(H,19,20,21)/i14-4. The Morgan fingerprint density at radius 2 is 1.91 bits per heavy atom. The number of carbonyl (C=O) groups excluding carboxylic acids is 3. The fourth-order valence-corrected chi connectivity index (χ4v) is 3.02. The molecule has 23 heavy (non-hydrogen) atoms. The van der Waals surface area contributed by atoms with Crippen molar-refractivity contribution in [3.8, 4) is 0 Å². The first kappa shape index (κ1) is 17.8. The van der Waals surface area contributed by atoms with E-state index in [9.17, 15) is 22.8 Å². The highest BCUT2D eigenvalue weighted by Crippen LogP contribution is 2.20. The third-order valence-electron chi connectivity index (χ3n) is 3.15. The Labute approximate surface area is 145 Å². The average Bonchev–Trinajstić information content (AvgIpc) is 2.75. The van der Waals surface area contributed by atoms with E-state index < -0.39 is 39.6 Å². The predicted molar refractivity (Wildman–Crippen MR) is 85.4 cm³/mol. The second-order valence-corrected chi connectivity index (χ2v) is 7.67. The Bertz CT molecular complexity index is 744. The van der Waals surface area contributed by atoms with Crippen LogP contribution in [-0.2, 0) is 35.8 Å². The molecule has 1 aliphatic rings. The summed E-state index contributed by atoms with van der Waals surface area (Å²) in [6, 6.07) is 7.39. The third kappa shape index (κ3) is 4.48. The van der Waals surface area contributed by atoms with Crippen LogP contribution in [0.25, 0.3) is 0 Å². The van der Waals surface area contributed by atoms with Crippen LogP contribution in [0.15, 0.2) is 24.3 Å². The number of benzene rings is 1. The lowest BCUT2D eigenvalue weighted by molar-refractivity contribution is -0.197. The van der Waals surface area contributed by atoms with Crippen LogP contribution in [0.2, 0.25) is 0 Å². The van der Waals surface area contributed by atoms with E-state index in [1.807, 2.05) is 24.3 Å². The maximum Gasteiger partial charge on any atom is 0.333 e. The number of hydrogen-bond acceptors (Lipinski definition) is 6. The summed E-state index contributed by atoms with van der Waals surface area (Å²) >= 11 is 2.14. The van der Waals surface area contributed by atoms with Crippen molar-refractivity contribution in [2.24, 2.45) is 0 Å². The van der Waals surface area contributed by atoms with Gasteiger partial charge in [-0.05, 0) is 46.7 Å². The summed E-state index contributed by atoms with van der Waals surface area (Å²) in [7, 11) is -4.72. The lowest BCUT2D eigenvalue weighted by Crippen LogP contribution is -2.36. The summed E-state index contributed by atoms with van der Waals surface area (Å²) in [5.41, 5.74) is 0.872. The first-order chi connectivity index (χ1) is 10.7. The molecule has 1 fully saturated rings. The molecule has 1 aromatic carbocycles. The highest BCUT2D eigenvalue weighted by molar-refractivity contribution is 14.1. The average molecular weight is 449 g/mol. The van der Waals surface area contributed by atoms with E-state index >= 15 is 0 Å². The molecule has 0 spiro atoms. The molecule has 1 saturated heterocycles. The molecule has 0 aromatic heterocycles. The minimum Gasteiger partial charge on any atom is -0.330 e. The van der Waals surface area contributed by atoms with Crippen LogP contribution >= 0.6 is 22.6 Å². The summed E-state index contributed by atoms with van der Waals surface area (Å²) < 4.78 is 31.9. The lowest BCUT2D eigenvalue weighted by Gasteiger charge is -2.13. The molecule has 0 bridgehead atoms. The number of rotatable bonds is 5. The van der Waals surface area contributed by atoms with E-state index in [2.05, 4.69) is 27.4 Å². The summed E-state index contributed by atoms with van der Waals surface area (Å²) in [6.45, 7) is 0. The molecule has 0 aliphatic carbocycles. The molecule has 124 valence electrons. The maximum absolute atomic E-state index is 11.7. The van der Waals surface area contributed by atoms with Crippen LogP contribution in [0.5, 0.6) is 0 Å². The molecule has 8 nitrogen and oxygen atoms in total. The van der Waals surface area contributed by atoms with Crippen LogP contribution < -0.4 is 0 Å². The van der Waals surface area contributed by atoms with E-state index in [1.54, 1.807) is 0 Å². The van der Waals surface area contributed by atoms with Crippen LogP contribution in [0.1, 0.15) is 18.4 Å². The minimum atomic E-state index is -4.72. The van der Waals surface area contributed by atoms with Crippen molar-refractivity contribution in [2.45, 2.75) is 24.5 Å². The van der Waals surface area contributed by atoms with Gasteiger partial charge in [0.15, 0.2) is 5.25 Å². The molecule has 1 heterocycles. The van der Waals surface area contributed by atoms with Crippen molar-refractivity contribution in [3.05, 3.63) is 33.4 Å². The first-order valence-corrected chi connectivity index (χ1v) is 9.05. The van der Waals surface area contributed by atoms with E-state index in [0.717, 1.165) is 9.13 Å². The molecule has 2 rings (SSSR count). The number of hydroxylamine groups is 2. The van der Waals surface area contributed by atoms with E-state index in [0.29, 0.717) is 6.42 Å². The zero-order valence-electron chi connectivity index (χ0n) is 11.6. The zero-order chi connectivity index (χ0) is 17.2. The number of halogens is 1. The maximum atomic E-state index is 11.7. The number of imide groups is 1. The number of hydrogen-bond donors (Lipinski definition) is 1. The highest BCUT2D eigenvalue weighted by Gasteiger charge is 2.48. The van der Waals surface area contributed by atoms with Crippen LogP contribution in [-0.4, -0.2) is 41.1 Å². The van der Waals surface area contributed by atoms with Gasteiger partial charge in [-0.1, -0.05) is 12.1 Å². The summed E-state index contributed by atoms with van der Waals surface area (Å²) in [4.78, 5) is 39.6. The largest absolute Gasteiger partial charge is 0.333 e. The second kappa shape index (κ2) is 6.93. The number of amides is 2. The topological polar surface area (TPSA) is 118 Å². The quantitative estimate of drug-likeness (QED) is 0.400. The normalized spacial score (nSPS) is 18.3. The van der Waals surface area contributed by atoms with Crippen molar-refractivity contribution in [1.29, 1.82) is 0 Å². The fourth-order valence-electron chi connectivity index (χ4n) is 1.96. The molecule has 2 amide bonds. The minimum absolute atomic E-state index is 0.0891. The Morgan fingerprint density at radius 3 is 2.43 bits per heavy atom. The molecule has 1 N–H and O–H groups in total. The molecular formula is C13H12INO7S. The molecule has 1 aliphatic heterocycles. The van der Waals surface area contributed by atoms with Gasteiger partial charge >= 0.3 is 5.97 Å². The second-order valence-electron chi connectivity index (χ2n) is 4.82. The number of carbonyl (C=O) groups is 3. The van der Waals surface area contributed by atoms with E-state index in [-0.39, 0.29) is 11.5 Å². The van der Waals surface area contributed by atoms with Crippen molar-refractivity contribution in [3.63, 3.8) is 0 Å². The Hall–Kier alpha value is -1.53. The van der Waals surface area contributed by atoms with Gasteiger partial charge in [0.1, 0.15) is 0 Å². The Balaban J connectivity index is 1.93. The van der Waals surface area contributed by atoms with Gasteiger partial charge < -0.3 is 4.84 Å². The van der Waals surface area contributed by atoms with Gasteiger partial charge in [-0.3, -0.25) is 14.1 Å². The molecule has 10 heteroatoms. The van der Waals surface area contributed by atoms with E-state index in [4.69, 9.17) is 4.55 Å². The molecule has 1 aromatic rings. The molecular weight excluding hydrogens is 437 g/mol. The lowest BCUT2D eigenvalue weighted by atomic mass is 10.1. The van der Waals surface area contributed by atoms with Crippen molar-refractivity contribution >= 4 is 50.5 Å². The van der Waals surface area contributed by atoms with Gasteiger partial charge in [-0.2, -0.15) is 8.42 Å². The van der Waals surface area contributed by atoms with Crippen LogP contribution in [0.4, 0.5) is 0 Å². The molecule has 0 radical (unpaired) electrons. The Morgan fingerprint density at radius 1 is 1.30 bits per heavy atom. The monoisotopic (exact) mass is 449 g/mol. The number of nitrogens with zero attached hydrogens (tertiary/aromatic N) is 1. The summed E-state index contributed by atoms with van der Waals surface area (Å²) in [5, 5.41) is -1.81. The summed E-state index contributed by atoms with van der Waals surface area (Å²) in [5.74, 6) is -3.10. The third-order valence-corrected chi connectivity index (χ3v) is 4.95. The molecule has 1 atom stereocenters. The zero-order valence-corrected chi connectivity index (χ0v) is 14.6. The fraction of sp³-hybridized carbons (Fsp3) is 0.308. The van der Waals surface area contributed by atoms with Gasteiger partial charge in [0.25, 0.3) is 21.9 Å². The molecule has 0 saturated carbocycles.